The molecule has 4 nitrogen and oxygen atoms in total. The molecule has 0 radical (unpaired) electrons. The third kappa shape index (κ3) is 3.46. The third-order valence-electron chi connectivity index (χ3n) is 2.83. The van der Waals surface area contributed by atoms with Gasteiger partial charge < -0.3 is 10.4 Å². The summed E-state index contributed by atoms with van der Waals surface area (Å²) in [5.41, 5.74) is 1.15. The minimum atomic E-state index is -1.07. The van der Waals surface area contributed by atoms with Crippen molar-refractivity contribution in [2.24, 2.45) is 0 Å². The van der Waals surface area contributed by atoms with Crippen LogP contribution in [0.4, 0.5) is 10.1 Å². The van der Waals surface area contributed by atoms with Gasteiger partial charge in [0.25, 0.3) is 5.91 Å². The van der Waals surface area contributed by atoms with Crippen LogP contribution in [0.25, 0.3) is 0 Å². The van der Waals surface area contributed by atoms with E-state index < -0.39 is 17.7 Å². The Morgan fingerprint density at radius 1 is 1.19 bits per heavy atom. The third-order valence-corrected chi connectivity index (χ3v) is 3.49. The molecule has 0 spiro atoms. The fraction of sp³-hybridized carbons (Fsp3) is 0.0667. The molecule has 0 atom stereocenters. The van der Waals surface area contributed by atoms with E-state index in [0.717, 1.165) is 5.56 Å². The largest absolute Gasteiger partial charge is 0.478 e. The van der Waals surface area contributed by atoms with Crippen molar-refractivity contribution >= 4 is 33.5 Å². The molecule has 0 aliphatic rings. The number of nitrogens with one attached hydrogen (secondary N) is 1. The van der Waals surface area contributed by atoms with Crippen LogP contribution in [-0.2, 0) is 0 Å². The number of carbonyl (C=O) groups excluding carboxylic acids is 1. The van der Waals surface area contributed by atoms with Crippen LogP contribution in [0.3, 0.4) is 0 Å². The number of carboxylic acids is 1. The number of hydrogen-bond acceptors (Lipinski definition) is 2. The second-order valence-electron chi connectivity index (χ2n) is 4.44. The Kier molecular flexibility index (Phi) is 4.37. The molecule has 108 valence electrons. The molecule has 0 aromatic heterocycles. The predicted octanol–water partition coefficient (Wildman–Crippen LogP) is 3.85. The lowest BCUT2D eigenvalue weighted by molar-refractivity contribution is 0.0696. The molecule has 0 aliphatic carbocycles. The first-order chi connectivity index (χ1) is 9.88. The van der Waals surface area contributed by atoms with Gasteiger partial charge in [0.15, 0.2) is 0 Å². The Morgan fingerprint density at radius 2 is 1.90 bits per heavy atom. The fourth-order valence-electron chi connectivity index (χ4n) is 1.75. The fourth-order valence-corrected chi connectivity index (χ4v) is 2.23. The number of amides is 1. The molecular formula is C15H11BrFNO3. The Hall–Kier alpha value is -2.21. The Balaban J connectivity index is 2.27. The molecule has 0 heterocycles. The van der Waals surface area contributed by atoms with Crippen LogP contribution in [0, 0.1) is 12.7 Å². The van der Waals surface area contributed by atoms with Crippen LogP contribution < -0.4 is 5.32 Å². The maximum absolute atomic E-state index is 13.6. The normalized spacial score (nSPS) is 10.2. The molecule has 2 aromatic rings. The van der Waals surface area contributed by atoms with Crippen molar-refractivity contribution in [1.29, 1.82) is 0 Å². The van der Waals surface area contributed by atoms with Gasteiger partial charge in [0.05, 0.1) is 16.8 Å². The monoisotopic (exact) mass is 351 g/mol. The molecule has 2 N–H and O–H groups in total. The molecular weight excluding hydrogens is 341 g/mol. The molecule has 0 bridgehead atoms. The van der Waals surface area contributed by atoms with Crippen molar-refractivity contribution in [2.75, 3.05) is 5.32 Å². The van der Waals surface area contributed by atoms with Crippen LogP contribution in [0.1, 0.15) is 26.3 Å². The standard InChI is InChI=1S/C15H11BrFNO3/c1-8-2-4-12(17)10(6-8)14(19)18-13-5-3-9(15(20)21)7-11(13)16/h2-7H,1H3,(H,18,19)(H,20,21). The van der Waals surface area contributed by atoms with E-state index in [4.69, 9.17) is 5.11 Å². The molecule has 0 saturated carbocycles. The summed E-state index contributed by atoms with van der Waals surface area (Å²) in [6.45, 7) is 1.76. The highest BCUT2D eigenvalue weighted by Gasteiger charge is 2.14. The minimum Gasteiger partial charge on any atom is -0.478 e. The Labute approximate surface area is 128 Å². The molecule has 21 heavy (non-hydrogen) atoms. The SMILES string of the molecule is Cc1ccc(F)c(C(=O)Nc2ccc(C(=O)O)cc2Br)c1. The Bertz CT molecular complexity index is 731. The van der Waals surface area contributed by atoms with Crippen LogP contribution in [0.2, 0.25) is 0 Å². The van der Waals surface area contributed by atoms with E-state index in [-0.39, 0.29) is 11.1 Å². The summed E-state index contributed by atoms with van der Waals surface area (Å²) in [6.07, 6.45) is 0. The summed E-state index contributed by atoms with van der Waals surface area (Å²) < 4.78 is 14.0. The topological polar surface area (TPSA) is 66.4 Å². The van der Waals surface area contributed by atoms with Crippen molar-refractivity contribution in [2.45, 2.75) is 6.92 Å². The number of aryl methyl sites for hydroxylation is 1. The summed E-state index contributed by atoms with van der Waals surface area (Å²) in [5.74, 6) is -2.28. The van der Waals surface area contributed by atoms with Crippen molar-refractivity contribution in [3.05, 3.63) is 63.4 Å². The lowest BCUT2D eigenvalue weighted by atomic mass is 10.1. The molecule has 0 aliphatic heterocycles. The van der Waals surface area contributed by atoms with Crippen molar-refractivity contribution < 1.29 is 19.1 Å². The average molecular weight is 352 g/mol. The zero-order chi connectivity index (χ0) is 15.6. The van der Waals surface area contributed by atoms with E-state index in [1.54, 1.807) is 13.0 Å². The van der Waals surface area contributed by atoms with Gasteiger partial charge in [-0.1, -0.05) is 11.6 Å². The van der Waals surface area contributed by atoms with Gasteiger partial charge in [-0.25, -0.2) is 9.18 Å². The second kappa shape index (κ2) is 6.05. The molecule has 2 rings (SSSR count). The average Bonchev–Trinajstić information content (AvgIpc) is 2.43. The van der Waals surface area contributed by atoms with E-state index in [1.165, 1.54) is 30.3 Å². The maximum atomic E-state index is 13.6. The maximum Gasteiger partial charge on any atom is 0.335 e. The summed E-state index contributed by atoms with van der Waals surface area (Å²) in [7, 11) is 0. The number of benzene rings is 2. The number of halogens is 2. The van der Waals surface area contributed by atoms with Gasteiger partial charge in [-0.3, -0.25) is 4.79 Å². The molecule has 0 fully saturated rings. The van der Waals surface area contributed by atoms with Crippen LogP contribution in [-0.4, -0.2) is 17.0 Å². The molecule has 0 unspecified atom stereocenters. The van der Waals surface area contributed by atoms with Gasteiger partial charge in [0.1, 0.15) is 5.82 Å². The predicted molar refractivity (Wildman–Crippen MR) is 80.2 cm³/mol. The molecule has 0 saturated heterocycles. The van der Waals surface area contributed by atoms with Crippen molar-refractivity contribution in [3.63, 3.8) is 0 Å². The van der Waals surface area contributed by atoms with Gasteiger partial charge in [-0.15, -0.1) is 0 Å². The number of carbonyl (C=O) groups is 2. The quantitative estimate of drug-likeness (QED) is 0.882. The molecule has 2 aromatic carbocycles. The summed E-state index contributed by atoms with van der Waals surface area (Å²) in [5, 5.41) is 11.4. The summed E-state index contributed by atoms with van der Waals surface area (Å²) >= 11 is 3.18. The summed E-state index contributed by atoms with van der Waals surface area (Å²) in [6, 6.07) is 8.42. The first kappa shape index (κ1) is 15.2. The highest BCUT2D eigenvalue weighted by atomic mass is 79.9. The number of hydrogen-bond donors (Lipinski definition) is 2. The molecule has 1 amide bonds. The highest BCUT2D eigenvalue weighted by molar-refractivity contribution is 9.10. The van der Waals surface area contributed by atoms with Crippen molar-refractivity contribution in [3.8, 4) is 0 Å². The van der Waals surface area contributed by atoms with Crippen LogP contribution in [0.15, 0.2) is 40.9 Å². The first-order valence-corrected chi connectivity index (χ1v) is 6.78. The first-order valence-electron chi connectivity index (χ1n) is 5.99. The van der Waals surface area contributed by atoms with Crippen LogP contribution >= 0.6 is 15.9 Å². The summed E-state index contributed by atoms with van der Waals surface area (Å²) in [4.78, 5) is 22.9. The second-order valence-corrected chi connectivity index (χ2v) is 5.29. The van der Waals surface area contributed by atoms with E-state index in [2.05, 4.69) is 21.2 Å². The zero-order valence-electron chi connectivity index (χ0n) is 11.0. The number of aromatic carboxylic acids is 1. The number of rotatable bonds is 3. The van der Waals surface area contributed by atoms with E-state index in [0.29, 0.717) is 10.2 Å². The zero-order valence-corrected chi connectivity index (χ0v) is 12.6. The van der Waals surface area contributed by atoms with Crippen LogP contribution in [0.5, 0.6) is 0 Å². The van der Waals surface area contributed by atoms with E-state index in [9.17, 15) is 14.0 Å². The Morgan fingerprint density at radius 3 is 2.52 bits per heavy atom. The lowest BCUT2D eigenvalue weighted by Crippen LogP contribution is -2.14. The smallest absolute Gasteiger partial charge is 0.335 e. The van der Waals surface area contributed by atoms with Gasteiger partial charge in [0, 0.05) is 4.47 Å². The lowest BCUT2D eigenvalue weighted by Gasteiger charge is -2.09. The van der Waals surface area contributed by atoms with Gasteiger partial charge in [-0.05, 0) is 53.2 Å². The van der Waals surface area contributed by atoms with Gasteiger partial charge >= 0.3 is 5.97 Å². The minimum absolute atomic E-state index is 0.0655. The number of anilines is 1. The van der Waals surface area contributed by atoms with E-state index >= 15 is 0 Å². The van der Waals surface area contributed by atoms with Crippen molar-refractivity contribution in [1.82, 2.24) is 0 Å². The van der Waals surface area contributed by atoms with E-state index in [1.807, 2.05) is 0 Å². The number of carboxylic acid groups (broad SMARTS) is 1. The highest BCUT2D eigenvalue weighted by Crippen LogP contribution is 2.24. The molecule has 6 heteroatoms. The van der Waals surface area contributed by atoms with Gasteiger partial charge in [0.2, 0.25) is 0 Å². The van der Waals surface area contributed by atoms with Gasteiger partial charge in [-0.2, -0.15) is 0 Å².